The minimum absolute atomic E-state index is 0.0531. The zero-order valence-electron chi connectivity index (χ0n) is 35.9. The van der Waals surface area contributed by atoms with Crippen molar-refractivity contribution in [1.82, 2.24) is 4.90 Å². The minimum Gasteiger partial charge on any atom is -0.462 e. The Hall–Kier alpha value is -3.09. The SMILES string of the molecule is CO[C@@H]1[C@@H](O[C@@H]2O[C@H](C)[C@@H](O[C@H]3C[C@@](C)(O)[C@@H](OC(=O)CC(C)C)[C@H](C)O3)[C@H](N(C)C)[C@H]2O)[C@@H](CC=O)C[C@@H](C)C(=O)C=CC=CC[C@@H](C)OC(=O)C[C@H]1OC(C)=O. The second-order valence-electron chi connectivity index (χ2n) is 16.8. The van der Waals surface area contributed by atoms with Gasteiger partial charge in [0.05, 0.1) is 30.8 Å². The summed E-state index contributed by atoms with van der Waals surface area (Å²) in [7, 11) is 4.82. The van der Waals surface area contributed by atoms with E-state index in [4.69, 9.17) is 37.9 Å². The maximum atomic E-state index is 13.2. The van der Waals surface area contributed by atoms with E-state index in [0.717, 1.165) is 0 Å². The molecule has 0 radical (unpaired) electrons. The second-order valence-corrected chi connectivity index (χ2v) is 16.8. The monoisotopic (exact) mass is 825 g/mol. The molecule has 0 bridgehead atoms. The highest BCUT2D eigenvalue weighted by atomic mass is 16.7. The molecular weight excluding hydrogens is 758 g/mol. The summed E-state index contributed by atoms with van der Waals surface area (Å²) in [5.41, 5.74) is -1.51. The Morgan fingerprint density at radius 3 is 2.29 bits per heavy atom. The summed E-state index contributed by atoms with van der Waals surface area (Å²) in [5.74, 6) is -3.31. The summed E-state index contributed by atoms with van der Waals surface area (Å²) >= 11 is 0. The largest absolute Gasteiger partial charge is 0.462 e. The first-order valence-corrected chi connectivity index (χ1v) is 20.3. The van der Waals surface area contributed by atoms with Crippen LogP contribution in [0.5, 0.6) is 0 Å². The van der Waals surface area contributed by atoms with Gasteiger partial charge in [-0.2, -0.15) is 0 Å². The molecule has 0 aromatic heterocycles. The van der Waals surface area contributed by atoms with E-state index in [-0.39, 0.29) is 37.4 Å². The van der Waals surface area contributed by atoms with Gasteiger partial charge in [0.2, 0.25) is 0 Å². The molecule has 2 fully saturated rings. The number of carbonyl (C=O) groups is 5. The molecule has 3 rings (SSSR count). The van der Waals surface area contributed by atoms with E-state index >= 15 is 0 Å². The molecule has 0 unspecified atom stereocenters. The fourth-order valence-electron chi connectivity index (χ4n) is 7.98. The average Bonchev–Trinajstić information content (AvgIpc) is 3.09. The summed E-state index contributed by atoms with van der Waals surface area (Å²) in [5, 5.41) is 23.5. The molecule has 3 aliphatic heterocycles. The van der Waals surface area contributed by atoms with Crippen molar-refractivity contribution in [3.8, 4) is 0 Å². The highest BCUT2D eigenvalue weighted by Gasteiger charge is 2.53. The maximum absolute atomic E-state index is 13.2. The fourth-order valence-corrected chi connectivity index (χ4v) is 7.98. The summed E-state index contributed by atoms with van der Waals surface area (Å²) in [6.07, 6.45) is -4.02. The fraction of sp³-hybridized carbons (Fsp3) is 0.786. The van der Waals surface area contributed by atoms with Crippen molar-refractivity contribution in [2.24, 2.45) is 17.8 Å². The number of ketones is 1. The Bertz CT molecular complexity index is 1430. The Labute approximate surface area is 342 Å². The van der Waals surface area contributed by atoms with Crippen molar-refractivity contribution in [2.75, 3.05) is 21.2 Å². The number of esters is 3. The van der Waals surface area contributed by atoms with Gasteiger partial charge in [0, 0.05) is 45.6 Å². The first-order valence-electron chi connectivity index (χ1n) is 20.3. The summed E-state index contributed by atoms with van der Waals surface area (Å²) in [4.78, 5) is 65.4. The maximum Gasteiger partial charge on any atom is 0.309 e. The van der Waals surface area contributed by atoms with Crippen LogP contribution >= 0.6 is 0 Å². The zero-order valence-corrected chi connectivity index (χ0v) is 35.9. The van der Waals surface area contributed by atoms with Gasteiger partial charge in [-0.25, -0.2) is 0 Å². The Kier molecular flexibility index (Phi) is 19.1. The van der Waals surface area contributed by atoms with Crippen molar-refractivity contribution >= 4 is 30.0 Å². The molecule has 0 spiro atoms. The number of aldehydes is 1. The number of allylic oxidation sites excluding steroid dienone is 3. The molecule has 16 heteroatoms. The quantitative estimate of drug-likeness (QED) is 0.165. The van der Waals surface area contributed by atoms with Crippen molar-refractivity contribution < 1.29 is 72.1 Å². The summed E-state index contributed by atoms with van der Waals surface area (Å²) in [6, 6.07) is -0.796. The first kappa shape index (κ1) is 49.3. The van der Waals surface area contributed by atoms with Gasteiger partial charge in [-0.1, -0.05) is 39.0 Å². The lowest BCUT2D eigenvalue weighted by Gasteiger charge is -2.50. The van der Waals surface area contributed by atoms with Crippen molar-refractivity contribution in [3.05, 3.63) is 24.3 Å². The average molecular weight is 826 g/mol. The van der Waals surface area contributed by atoms with Gasteiger partial charge in [0.15, 0.2) is 24.5 Å². The molecule has 0 aromatic carbocycles. The first-order chi connectivity index (χ1) is 27.2. The highest BCUT2D eigenvalue weighted by molar-refractivity contribution is 5.91. The van der Waals surface area contributed by atoms with E-state index in [1.165, 1.54) is 20.1 Å². The van der Waals surface area contributed by atoms with E-state index < -0.39 is 115 Å². The lowest BCUT2D eigenvalue weighted by atomic mass is 9.83. The molecule has 2 N–H and O–H groups in total. The number of ether oxygens (including phenoxy) is 8. The molecule has 0 amide bonds. The van der Waals surface area contributed by atoms with Gasteiger partial charge in [-0.3, -0.25) is 19.2 Å². The lowest BCUT2D eigenvalue weighted by molar-refractivity contribution is -0.344. The minimum atomic E-state index is -1.51. The number of hydrogen-bond acceptors (Lipinski definition) is 16. The normalized spacial score (nSPS) is 38.3. The lowest BCUT2D eigenvalue weighted by Crippen LogP contribution is -2.66. The van der Waals surface area contributed by atoms with E-state index in [1.54, 1.807) is 71.8 Å². The number of nitrogens with zero attached hydrogens (tertiary/aromatic N) is 1. The molecule has 58 heavy (non-hydrogen) atoms. The highest BCUT2D eigenvalue weighted by Crippen LogP contribution is 2.37. The number of aliphatic hydroxyl groups is 2. The van der Waals surface area contributed by atoms with E-state index in [1.807, 2.05) is 13.8 Å². The van der Waals surface area contributed by atoms with Crippen LogP contribution in [0.3, 0.4) is 0 Å². The Balaban J connectivity index is 1.98. The van der Waals surface area contributed by atoms with Crippen LogP contribution in [0.15, 0.2) is 24.3 Å². The number of likely N-dealkylation sites (N-methyl/N-ethyl adjacent to an activating group) is 1. The Morgan fingerprint density at radius 2 is 1.71 bits per heavy atom. The molecule has 15 atom stereocenters. The predicted octanol–water partition coefficient (Wildman–Crippen LogP) is 3.22. The standard InChI is InChI=1S/C42H67NO15/c1-23(2)19-32(47)56-40-27(6)53-34(22-42(40,8)50)57-37-26(5)54-41(36(49)35(37)43(9)10)58-38-29(17-18-44)20-24(3)30(46)16-14-12-13-15-25(4)52-33(48)21-31(39(38)51-11)55-28(7)45/h12-14,16,18,23-27,29,31,34-41,49-50H,15,17,19-22H2,1-11H3/t24-,25-,26-,27+,29+,31-,34+,35-,36-,37-,38+,39+,40+,41+,42-/m1/s1. The predicted molar refractivity (Wildman–Crippen MR) is 209 cm³/mol. The number of carbonyl (C=O) groups excluding carboxylic acids is 5. The summed E-state index contributed by atoms with van der Waals surface area (Å²) in [6.45, 7) is 13.4. The van der Waals surface area contributed by atoms with Gasteiger partial charge in [0.25, 0.3) is 0 Å². The molecule has 3 heterocycles. The number of aliphatic hydroxyl groups excluding tert-OH is 1. The Morgan fingerprint density at radius 1 is 1.02 bits per heavy atom. The van der Waals surface area contributed by atoms with Gasteiger partial charge in [0.1, 0.15) is 42.4 Å². The molecule has 0 saturated carbocycles. The van der Waals surface area contributed by atoms with E-state index in [9.17, 15) is 34.2 Å². The van der Waals surface area contributed by atoms with Gasteiger partial charge in [-0.05, 0) is 66.1 Å². The third-order valence-electron chi connectivity index (χ3n) is 10.8. The van der Waals surface area contributed by atoms with Crippen LogP contribution in [0, 0.1) is 17.8 Å². The number of rotatable bonds is 12. The molecule has 330 valence electrons. The van der Waals surface area contributed by atoms with Crippen LogP contribution in [0.25, 0.3) is 0 Å². The van der Waals surface area contributed by atoms with E-state index in [0.29, 0.717) is 12.7 Å². The molecule has 16 nitrogen and oxygen atoms in total. The van der Waals surface area contributed by atoms with Crippen LogP contribution < -0.4 is 0 Å². The molecule has 0 aliphatic carbocycles. The molecule has 0 aromatic rings. The third kappa shape index (κ3) is 14.0. The van der Waals surface area contributed by atoms with Crippen molar-refractivity contribution in [1.29, 1.82) is 0 Å². The van der Waals surface area contributed by atoms with Crippen LogP contribution in [0.4, 0.5) is 0 Å². The second kappa shape index (κ2) is 22.5. The smallest absolute Gasteiger partial charge is 0.309 e. The zero-order chi connectivity index (χ0) is 43.5. The molecule has 3 aliphatic rings. The van der Waals surface area contributed by atoms with Crippen molar-refractivity contribution in [2.45, 2.75) is 173 Å². The van der Waals surface area contributed by atoms with Crippen molar-refractivity contribution in [3.63, 3.8) is 0 Å². The number of methoxy groups -OCH3 is 1. The van der Waals surface area contributed by atoms with Crippen LogP contribution in [-0.2, 0) is 61.9 Å². The number of hydrogen-bond donors (Lipinski definition) is 2. The van der Waals surface area contributed by atoms with Crippen LogP contribution in [-0.4, -0.2) is 145 Å². The van der Waals surface area contributed by atoms with Crippen LogP contribution in [0.2, 0.25) is 0 Å². The van der Waals surface area contributed by atoms with Gasteiger partial charge >= 0.3 is 17.9 Å². The van der Waals surface area contributed by atoms with E-state index in [2.05, 4.69) is 0 Å². The molecule has 2 saturated heterocycles. The number of cyclic esters (lactones) is 1. The topological polar surface area (TPSA) is 203 Å². The summed E-state index contributed by atoms with van der Waals surface area (Å²) < 4.78 is 48.4. The van der Waals surface area contributed by atoms with Gasteiger partial charge < -0.3 is 57.8 Å². The third-order valence-corrected chi connectivity index (χ3v) is 10.8. The molecular formula is C42H67NO15. The van der Waals surface area contributed by atoms with Crippen LogP contribution in [0.1, 0.15) is 93.9 Å². The van der Waals surface area contributed by atoms with Gasteiger partial charge in [-0.15, -0.1) is 0 Å².